The van der Waals surface area contributed by atoms with E-state index in [-0.39, 0.29) is 6.54 Å². The van der Waals surface area contributed by atoms with E-state index in [4.69, 9.17) is 5.14 Å². The Hall–Kier alpha value is -0.980. The third-order valence-electron chi connectivity index (χ3n) is 1.55. The molecule has 0 fully saturated rings. The third kappa shape index (κ3) is 3.10. The highest BCUT2D eigenvalue weighted by molar-refractivity contribution is 7.86. The maximum atomic E-state index is 10.8. The average molecular weight is 201 g/mol. The first-order valence-corrected chi connectivity index (χ1v) is 5.14. The van der Waals surface area contributed by atoms with Crippen molar-refractivity contribution in [3.8, 4) is 0 Å². The van der Waals surface area contributed by atoms with E-state index in [1.807, 2.05) is 0 Å². The molecule has 5 nitrogen and oxygen atoms in total. The minimum absolute atomic E-state index is 0.194. The number of pyridine rings is 1. The van der Waals surface area contributed by atoms with Crippen LogP contribution in [0.1, 0.15) is 5.69 Å². The van der Waals surface area contributed by atoms with E-state index in [9.17, 15) is 8.42 Å². The molecule has 0 radical (unpaired) electrons. The van der Waals surface area contributed by atoms with Gasteiger partial charge in [0.15, 0.2) is 0 Å². The van der Waals surface area contributed by atoms with Gasteiger partial charge in [-0.25, -0.2) is 5.14 Å². The van der Waals surface area contributed by atoms with Gasteiger partial charge in [-0.05, 0) is 12.1 Å². The van der Waals surface area contributed by atoms with Crippen LogP contribution in [0, 0.1) is 0 Å². The average Bonchev–Trinajstić information content (AvgIpc) is 2.04. The van der Waals surface area contributed by atoms with Gasteiger partial charge in [-0.3, -0.25) is 4.98 Å². The minimum atomic E-state index is -3.61. The maximum Gasteiger partial charge on any atom is 0.277 e. The summed E-state index contributed by atoms with van der Waals surface area (Å²) >= 11 is 0. The van der Waals surface area contributed by atoms with Crippen molar-refractivity contribution in [2.75, 3.05) is 7.05 Å². The van der Waals surface area contributed by atoms with Crippen LogP contribution in [0.25, 0.3) is 0 Å². The summed E-state index contributed by atoms with van der Waals surface area (Å²) in [6, 6.07) is 5.29. The summed E-state index contributed by atoms with van der Waals surface area (Å²) in [5.41, 5.74) is 0.666. The first kappa shape index (κ1) is 10.1. The highest BCUT2D eigenvalue weighted by Gasteiger charge is 2.11. The highest BCUT2D eigenvalue weighted by atomic mass is 32.2. The summed E-state index contributed by atoms with van der Waals surface area (Å²) in [5, 5.41) is 4.90. The van der Waals surface area contributed by atoms with Gasteiger partial charge in [0, 0.05) is 13.2 Å². The van der Waals surface area contributed by atoms with E-state index in [0.29, 0.717) is 5.69 Å². The monoisotopic (exact) mass is 201 g/mol. The van der Waals surface area contributed by atoms with Crippen LogP contribution >= 0.6 is 0 Å². The normalized spacial score (nSPS) is 11.9. The van der Waals surface area contributed by atoms with Crippen LogP contribution in [0.2, 0.25) is 0 Å². The van der Waals surface area contributed by atoms with Gasteiger partial charge >= 0.3 is 0 Å². The Morgan fingerprint density at radius 1 is 1.54 bits per heavy atom. The van der Waals surface area contributed by atoms with Crippen molar-refractivity contribution in [3.05, 3.63) is 30.1 Å². The van der Waals surface area contributed by atoms with Gasteiger partial charge in [-0.1, -0.05) is 6.07 Å². The van der Waals surface area contributed by atoms with Crippen molar-refractivity contribution < 1.29 is 8.42 Å². The number of rotatable bonds is 3. The molecule has 1 aromatic heterocycles. The fourth-order valence-electron chi connectivity index (χ4n) is 0.810. The molecule has 0 amide bonds. The summed E-state index contributed by atoms with van der Waals surface area (Å²) < 4.78 is 22.7. The highest BCUT2D eigenvalue weighted by Crippen LogP contribution is 2.00. The molecule has 1 rings (SSSR count). The first-order chi connectivity index (χ1) is 6.00. The van der Waals surface area contributed by atoms with Crippen LogP contribution in [0.15, 0.2) is 24.4 Å². The molecule has 6 heteroatoms. The van der Waals surface area contributed by atoms with E-state index >= 15 is 0 Å². The molecule has 0 saturated carbocycles. The lowest BCUT2D eigenvalue weighted by Crippen LogP contribution is -2.32. The molecule has 0 saturated heterocycles. The van der Waals surface area contributed by atoms with Crippen LogP contribution in [-0.4, -0.2) is 24.8 Å². The van der Waals surface area contributed by atoms with E-state index in [1.54, 1.807) is 24.4 Å². The van der Waals surface area contributed by atoms with Gasteiger partial charge in [0.2, 0.25) is 0 Å². The van der Waals surface area contributed by atoms with Crippen LogP contribution in [0.4, 0.5) is 0 Å². The van der Waals surface area contributed by atoms with Crippen LogP contribution in [0.5, 0.6) is 0 Å². The molecule has 0 atom stereocenters. The standard InChI is InChI=1S/C7H11N3O2S/c1-10(13(8,11)12)6-7-4-2-3-5-9-7/h2-5H,6H2,1H3,(H2,8,11,12). The molecular weight excluding hydrogens is 190 g/mol. The molecule has 72 valence electrons. The summed E-state index contributed by atoms with van der Waals surface area (Å²) in [5.74, 6) is 0. The predicted molar refractivity (Wildman–Crippen MR) is 48.8 cm³/mol. The summed E-state index contributed by atoms with van der Waals surface area (Å²) in [6.07, 6.45) is 1.60. The number of aromatic nitrogens is 1. The van der Waals surface area contributed by atoms with Gasteiger partial charge in [0.1, 0.15) is 0 Å². The molecule has 1 heterocycles. The van der Waals surface area contributed by atoms with Crippen LogP contribution in [0.3, 0.4) is 0 Å². The zero-order chi connectivity index (χ0) is 9.90. The molecule has 13 heavy (non-hydrogen) atoms. The molecule has 1 aromatic rings. The van der Waals surface area contributed by atoms with Crippen molar-refractivity contribution in [2.45, 2.75) is 6.54 Å². The fraction of sp³-hybridized carbons (Fsp3) is 0.286. The Labute approximate surface area is 77.4 Å². The van der Waals surface area contributed by atoms with Crippen molar-refractivity contribution in [3.63, 3.8) is 0 Å². The molecule has 0 aliphatic rings. The van der Waals surface area contributed by atoms with E-state index in [2.05, 4.69) is 4.98 Å². The Bertz CT molecular complexity index is 363. The molecule has 2 N–H and O–H groups in total. The molecular formula is C7H11N3O2S. The van der Waals surface area contributed by atoms with Crippen LogP contribution < -0.4 is 5.14 Å². The summed E-state index contributed by atoms with van der Waals surface area (Å²) in [7, 11) is -2.20. The predicted octanol–water partition coefficient (Wildman–Crippen LogP) is -0.283. The number of nitrogens with two attached hydrogens (primary N) is 1. The molecule has 0 unspecified atom stereocenters. The summed E-state index contributed by atoms with van der Waals surface area (Å²) in [6.45, 7) is 0.194. The second-order valence-corrected chi connectivity index (χ2v) is 4.28. The molecule has 0 bridgehead atoms. The lowest BCUT2D eigenvalue weighted by Gasteiger charge is -2.12. The van der Waals surface area contributed by atoms with E-state index < -0.39 is 10.2 Å². The van der Waals surface area contributed by atoms with Gasteiger partial charge in [-0.2, -0.15) is 12.7 Å². The van der Waals surface area contributed by atoms with E-state index in [0.717, 1.165) is 4.31 Å². The Morgan fingerprint density at radius 2 is 2.23 bits per heavy atom. The van der Waals surface area contributed by atoms with Gasteiger partial charge < -0.3 is 0 Å². The molecule has 0 aliphatic carbocycles. The fourth-order valence-corrected chi connectivity index (χ4v) is 1.12. The second-order valence-electron chi connectivity index (χ2n) is 2.62. The lowest BCUT2D eigenvalue weighted by atomic mass is 10.3. The lowest BCUT2D eigenvalue weighted by molar-refractivity contribution is 0.463. The first-order valence-electron chi connectivity index (χ1n) is 3.64. The van der Waals surface area contributed by atoms with E-state index in [1.165, 1.54) is 7.05 Å². The minimum Gasteiger partial charge on any atom is -0.260 e. The molecule has 0 spiro atoms. The number of nitrogens with zero attached hydrogens (tertiary/aromatic N) is 2. The maximum absolute atomic E-state index is 10.8. The van der Waals surface area contributed by atoms with Crippen molar-refractivity contribution in [2.24, 2.45) is 5.14 Å². The topological polar surface area (TPSA) is 76.3 Å². The smallest absolute Gasteiger partial charge is 0.260 e. The van der Waals surface area contributed by atoms with Crippen LogP contribution in [-0.2, 0) is 16.8 Å². The second kappa shape index (κ2) is 3.82. The Balaban J connectivity index is 2.72. The Morgan fingerprint density at radius 3 is 2.69 bits per heavy atom. The third-order valence-corrected chi connectivity index (χ3v) is 2.54. The van der Waals surface area contributed by atoms with Gasteiger partial charge in [-0.15, -0.1) is 0 Å². The zero-order valence-electron chi connectivity index (χ0n) is 7.21. The summed E-state index contributed by atoms with van der Waals surface area (Å²) in [4.78, 5) is 3.97. The van der Waals surface area contributed by atoms with Crippen molar-refractivity contribution in [1.29, 1.82) is 0 Å². The van der Waals surface area contributed by atoms with Gasteiger partial charge in [0.25, 0.3) is 10.2 Å². The number of hydrogen-bond acceptors (Lipinski definition) is 3. The quantitative estimate of drug-likeness (QED) is 0.730. The molecule has 0 aliphatic heterocycles. The van der Waals surface area contributed by atoms with Gasteiger partial charge in [0.05, 0.1) is 12.2 Å². The SMILES string of the molecule is CN(Cc1ccccn1)S(N)(=O)=O. The largest absolute Gasteiger partial charge is 0.277 e. The van der Waals surface area contributed by atoms with Crippen molar-refractivity contribution >= 4 is 10.2 Å². The van der Waals surface area contributed by atoms with Crippen molar-refractivity contribution in [1.82, 2.24) is 9.29 Å². The number of hydrogen-bond donors (Lipinski definition) is 1. The Kier molecular flexibility index (Phi) is 2.97. The molecule has 0 aromatic carbocycles. The zero-order valence-corrected chi connectivity index (χ0v) is 8.03.